The Morgan fingerprint density at radius 3 is 2.79 bits per heavy atom. The number of nitrogens with zero attached hydrogens (tertiary/aromatic N) is 1. The normalized spacial score (nSPS) is 10.8. The second-order valence-electron chi connectivity index (χ2n) is 3.89. The van der Waals surface area contributed by atoms with Gasteiger partial charge in [0.05, 0.1) is 9.35 Å². The van der Waals surface area contributed by atoms with Crippen LogP contribution in [0.5, 0.6) is 0 Å². The topological polar surface area (TPSA) is 52.0 Å². The Morgan fingerprint density at radius 2 is 2.11 bits per heavy atom. The lowest BCUT2D eigenvalue weighted by molar-refractivity contribution is 0.439. The molecule has 1 aromatic carbocycles. The number of thiophene rings is 1. The molecule has 0 unspecified atom stereocenters. The minimum Gasteiger partial charge on any atom is -0.367 e. The first-order valence-electron chi connectivity index (χ1n) is 5.41. The van der Waals surface area contributed by atoms with Gasteiger partial charge in [0.2, 0.25) is 5.88 Å². The molecule has 6 heteroatoms. The fourth-order valence-corrected chi connectivity index (χ4v) is 3.23. The van der Waals surface area contributed by atoms with Gasteiger partial charge in [0, 0.05) is 21.5 Å². The molecule has 2 heterocycles. The highest BCUT2D eigenvalue weighted by Gasteiger charge is 2.19. The number of aromatic nitrogens is 1. The van der Waals surface area contributed by atoms with E-state index in [2.05, 4.69) is 21.1 Å². The maximum atomic E-state index is 6.22. The SMILES string of the molecule is Nc1onc(-c2csc(Br)c2)c1-c1ccccc1Cl. The molecule has 0 atom stereocenters. The summed E-state index contributed by atoms with van der Waals surface area (Å²) in [6.45, 7) is 0. The van der Waals surface area contributed by atoms with Crippen molar-refractivity contribution in [2.75, 3.05) is 5.73 Å². The highest BCUT2D eigenvalue weighted by molar-refractivity contribution is 9.11. The largest absolute Gasteiger partial charge is 0.367 e. The monoisotopic (exact) mass is 354 g/mol. The minimum absolute atomic E-state index is 0.269. The Kier molecular flexibility index (Phi) is 3.35. The third-order valence-electron chi connectivity index (χ3n) is 2.70. The van der Waals surface area contributed by atoms with Crippen molar-refractivity contribution in [1.29, 1.82) is 0 Å². The Morgan fingerprint density at radius 1 is 1.32 bits per heavy atom. The molecule has 0 amide bonds. The molecule has 19 heavy (non-hydrogen) atoms. The number of halogens is 2. The average molecular weight is 356 g/mol. The summed E-state index contributed by atoms with van der Waals surface area (Å²) >= 11 is 11.2. The van der Waals surface area contributed by atoms with E-state index < -0.39 is 0 Å². The summed E-state index contributed by atoms with van der Waals surface area (Å²) in [5.41, 5.74) is 9.09. The van der Waals surface area contributed by atoms with E-state index in [4.69, 9.17) is 21.9 Å². The van der Waals surface area contributed by atoms with Gasteiger partial charge in [-0.05, 0) is 28.1 Å². The standard InChI is InChI=1S/C13H8BrClN2OS/c14-10-5-7(6-19-10)12-11(13(16)18-17-12)8-3-1-2-4-9(8)15/h1-6H,16H2. The molecule has 0 fully saturated rings. The van der Waals surface area contributed by atoms with Crippen LogP contribution in [0.1, 0.15) is 0 Å². The lowest BCUT2D eigenvalue weighted by Gasteiger charge is -2.03. The van der Waals surface area contributed by atoms with Crippen LogP contribution in [0, 0.1) is 0 Å². The third-order valence-corrected chi connectivity index (χ3v) is 4.54. The highest BCUT2D eigenvalue weighted by Crippen LogP contribution is 2.41. The van der Waals surface area contributed by atoms with E-state index >= 15 is 0 Å². The van der Waals surface area contributed by atoms with Crippen molar-refractivity contribution >= 4 is 44.8 Å². The molecule has 0 saturated heterocycles. The number of anilines is 1. The summed E-state index contributed by atoms with van der Waals surface area (Å²) in [5, 5.41) is 6.65. The quantitative estimate of drug-likeness (QED) is 0.698. The number of benzene rings is 1. The number of hydrogen-bond acceptors (Lipinski definition) is 4. The molecule has 2 aromatic heterocycles. The van der Waals surface area contributed by atoms with Gasteiger partial charge < -0.3 is 10.3 Å². The van der Waals surface area contributed by atoms with Crippen molar-refractivity contribution in [2.45, 2.75) is 0 Å². The smallest absolute Gasteiger partial charge is 0.230 e. The zero-order valence-electron chi connectivity index (χ0n) is 9.56. The van der Waals surface area contributed by atoms with Gasteiger partial charge in [-0.1, -0.05) is 35.0 Å². The molecule has 2 N–H and O–H groups in total. The van der Waals surface area contributed by atoms with E-state index in [-0.39, 0.29) is 5.88 Å². The molecule has 0 radical (unpaired) electrons. The summed E-state index contributed by atoms with van der Waals surface area (Å²) in [4.78, 5) is 0. The molecule has 0 spiro atoms. The molecule has 0 saturated carbocycles. The van der Waals surface area contributed by atoms with Gasteiger partial charge in [0.25, 0.3) is 0 Å². The maximum Gasteiger partial charge on any atom is 0.230 e. The molecule has 3 nitrogen and oxygen atoms in total. The van der Waals surface area contributed by atoms with E-state index in [1.807, 2.05) is 35.7 Å². The van der Waals surface area contributed by atoms with E-state index in [0.717, 1.165) is 20.5 Å². The van der Waals surface area contributed by atoms with Gasteiger partial charge in [-0.2, -0.15) is 0 Å². The minimum atomic E-state index is 0.269. The van der Waals surface area contributed by atoms with E-state index in [1.54, 1.807) is 11.3 Å². The third kappa shape index (κ3) is 2.29. The van der Waals surface area contributed by atoms with Crippen molar-refractivity contribution < 1.29 is 4.52 Å². The highest BCUT2D eigenvalue weighted by atomic mass is 79.9. The fourth-order valence-electron chi connectivity index (χ4n) is 1.86. The molecule has 96 valence electrons. The van der Waals surface area contributed by atoms with E-state index in [0.29, 0.717) is 10.7 Å². The lowest BCUT2D eigenvalue weighted by Crippen LogP contribution is -1.87. The van der Waals surface area contributed by atoms with Crippen LogP contribution in [0.3, 0.4) is 0 Å². The van der Waals surface area contributed by atoms with Crippen LogP contribution in [0.4, 0.5) is 5.88 Å². The number of nitrogens with two attached hydrogens (primary N) is 1. The lowest BCUT2D eigenvalue weighted by atomic mass is 10.0. The Balaban J connectivity index is 2.22. The summed E-state index contributed by atoms with van der Waals surface area (Å²) < 4.78 is 6.15. The average Bonchev–Trinajstić information content (AvgIpc) is 2.96. The molecular formula is C13H8BrClN2OS. The van der Waals surface area contributed by atoms with Crippen LogP contribution in [-0.4, -0.2) is 5.16 Å². The predicted molar refractivity (Wildman–Crippen MR) is 82.4 cm³/mol. The van der Waals surface area contributed by atoms with Crippen LogP contribution in [0.2, 0.25) is 5.02 Å². The van der Waals surface area contributed by atoms with Gasteiger partial charge in [-0.3, -0.25) is 0 Å². The maximum absolute atomic E-state index is 6.22. The van der Waals surface area contributed by atoms with Crippen molar-refractivity contribution in [3.8, 4) is 22.4 Å². The van der Waals surface area contributed by atoms with E-state index in [9.17, 15) is 0 Å². The fraction of sp³-hybridized carbons (Fsp3) is 0. The van der Waals surface area contributed by atoms with E-state index in [1.165, 1.54) is 0 Å². The zero-order chi connectivity index (χ0) is 13.4. The molecule has 0 aliphatic carbocycles. The molecule has 0 aliphatic rings. The first-order chi connectivity index (χ1) is 9.16. The molecule has 0 bridgehead atoms. The van der Waals surface area contributed by atoms with Gasteiger partial charge >= 0.3 is 0 Å². The molecule has 3 rings (SSSR count). The van der Waals surface area contributed by atoms with Crippen LogP contribution < -0.4 is 5.73 Å². The summed E-state index contributed by atoms with van der Waals surface area (Å²) in [7, 11) is 0. The first kappa shape index (κ1) is 12.7. The van der Waals surface area contributed by atoms with Gasteiger partial charge in [0.1, 0.15) is 5.69 Å². The summed E-state index contributed by atoms with van der Waals surface area (Å²) in [5.74, 6) is 0.269. The second-order valence-corrected chi connectivity index (χ2v) is 6.59. The second kappa shape index (κ2) is 5.00. The number of rotatable bonds is 2. The van der Waals surface area contributed by atoms with Crippen molar-refractivity contribution in [3.63, 3.8) is 0 Å². The Labute approximate surface area is 127 Å². The Bertz CT molecular complexity index is 738. The molecule has 0 aliphatic heterocycles. The van der Waals surface area contributed by atoms with Gasteiger partial charge in [0.15, 0.2) is 0 Å². The van der Waals surface area contributed by atoms with Crippen LogP contribution in [-0.2, 0) is 0 Å². The van der Waals surface area contributed by atoms with Crippen molar-refractivity contribution in [2.24, 2.45) is 0 Å². The number of hydrogen-bond donors (Lipinski definition) is 1. The Hall–Kier alpha value is -1.30. The first-order valence-corrected chi connectivity index (χ1v) is 7.46. The summed E-state index contributed by atoms with van der Waals surface area (Å²) in [6, 6.07) is 9.46. The number of nitrogen functional groups attached to an aromatic ring is 1. The zero-order valence-corrected chi connectivity index (χ0v) is 12.7. The van der Waals surface area contributed by atoms with Gasteiger partial charge in [-0.25, -0.2) is 0 Å². The van der Waals surface area contributed by atoms with Crippen LogP contribution in [0.15, 0.2) is 44.0 Å². The van der Waals surface area contributed by atoms with Gasteiger partial charge in [-0.15, -0.1) is 11.3 Å². The molecular weight excluding hydrogens is 348 g/mol. The predicted octanol–water partition coefficient (Wildman–Crippen LogP) is 5.07. The van der Waals surface area contributed by atoms with Crippen LogP contribution >= 0.6 is 38.9 Å². The van der Waals surface area contributed by atoms with Crippen molar-refractivity contribution in [3.05, 3.63) is 44.5 Å². The summed E-state index contributed by atoms with van der Waals surface area (Å²) in [6.07, 6.45) is 0. The molecule has 3 aromatic rings. The van der Waals surface area contributed by atoms with Crippen molar-refractivity contribution in [1.82, 2.24) is 5.16 Å². The van der Waals surface area contributed by atoms with Crippen LogP contribution in [0.25, 0.3) is 22.4 Å².